The van der Waals surface area contributed by atoms with Gasteiger partial charge in [0.2, 0.25) is 0 Å². The summed E-state index contributed by atoms with van der Waals surface area (Å²) < 4.78 is 0.801. The zero-order chi connectivity index (χ0) is 13.0. The molecule has 0 aliphatic carbocycles. The molecule has 0 unspecified atom stereocenters. The Hall–Kier alpha value is -1.63. The molecule has 0 amide bonds. The van der Waals surface area contributed by atoms with Crippen molar-refractivity contribution in [1.29, 1.82) is 0 Å². The monoisotopic (exact) mass is 354 g/mol. The molecule has 0 fully saturated rings. The molecular formula is C13H11IN2O2. The molecule has 18 heavy (non-hydrogen) atoms. The predicted octanol–water partition coefficient (Wildman–Crippen LogP) is 3.00. The number of aromatic carboxylic acids is 1. The Morgan fingerprint density at radius 2 is 2.06 bits per heavy atom. The lowest BCUT2D eigenvalue weighted by atomic mass is 10.2. The van der Waals surface area contributed by atoms with Gasteiger partial charge in [-0.25, -0.2) is 9.78 Å². The average Bonchev–Trinajstić information content (AvgIpc) is 2.38. The van der Waals surface area contributed by atoms with E-state index in [0.29, 0.717) is 12.4 Å². The summed E-state index contributed by atoms with van der Waals surface area (Å²) in [7, 11) is 0. The fraction of sp³-hybridized carbons (Fsp3) is 0.0769. The Morgan fingerprint density at radius 1 is 1.33 bits per heavy atom. The SMILES string of the molecule is O=C(O)c1cc(I)cnc1NCc1ccccc1. The van der Waals surface area contributed by atoms with E-state index in [1.807, 2.05) is 52.9 Å². The van der Waals surface area contributed by atoms with Crippen molar-refractivity contribution in [2.45, 2.75) is 6.54 Å². The molecule has 0 aliphatic heterocycles. The van der Waals surface area contributed by atoms with Crippen LogP contribution in [0.5, 0.6) is 0 Å². The third-order valence-electron chi connectivity index (χ3n) is 2.39. The van der Waals surface area contributed by atoms with Crippen LogP contribution in [0.2, 0.25) is 0 Å². The maximum atomic E-state index is 11.1. The van der Waals surface area contributed by atoms with Crippen LogP contribution in [0.15, 0.2) is 42.6 Å². The smallest absolute Gasteiger partial charge is 0.339 e. The summed E-state index contributed by atoms with van der Waals surface area (Å²) in [5, 5.41) is 12.1. The van der Waals surface area contributed by atoms with Gasteiger partial charge in [0.25, 0.3) is 0 Å². The van der Waals surface area contributed by atoms with E-state index in [4.69, 9.17) is 5.11 Å². The predicted molar refractivity (Wildman–Crippen MR) is 77.7 cm³/mol. The third-order valence-corrected chi connectivity index (χ3v) is 2.98. The van der Waals surface area contributed by atoms with Gasteiger partial charge in [0.1, 0.15) is 11.4 Å². The molecule has 4 nitrogen and oxygen atoms in total. The molecule has 0 spiro atoms. The molecule has 0 atom stereocenters. The standard InChI is InChI=1S/C13H11IN2O2/c14-10-6-11(13(17)18)12(16-8-10)15-7-9-4-2-1-3-5-9/h1-6,8H,7H2,(H,15,16)(H,17,18). The fourth-order valence-corrected chi connectivity index (χ4v) is 1.98. The Kier molecular flexibility index (Phi) is 4.14. The minimum absolute atomic E-state index is 0.192. The van der Waals surface area contributed by atoms with Crippen LogP contribution < -0.4 is 5.32 Å². The summed E-state index contributed by atoms with van der Waals surface area (Å²) in [5.74, 6) is -0.580. The van der Waals surface area contributed by atoms with E-state index >= 15 is 0 Å². The lowest BCUT2D eigenvalue weighted by Gasteiger charge is -2.08. The van der Waals surface area contributed by atoms with E-state index in [1.165, 1.54) is 0 Å². The van der Waals surface area contributed by atoms with Gasteiger partial charge in [0.05, 0.1) is 0 Å². The van der Waals surface area contributed by atoms with Gasteiger partial charge in [0, 0.05) is 16.3 Å². The molecule has 1 heterocycles. The van der Waals surface area contributed by atoms with Gasteiger partial charge in [0.15, 0.2) is 0 Å². The largest absolute Gasteiger partial charge is 0.478 e. The highest BCUT2D eigenvalue weighted by Gasteiger charge is 2.11. The quantitative estimate of drug-likeness (QED) is 0.829. The number of rotatable bonds is 4. The molecule has 0 saturated heterocycles. The number of benzene rings is 1. The van der Waals surface area contributed by atoms with Crippen molar-refractivity contribution in [3.63, 3.8) is 0 Å². The van der Waals surface area contributed by atoms with Crippen molar-refractivity contribution in [2.75, 3.05) is 5.32 Å². The Bertz CT molecular complexity index is 558. The van der Waals surface area contributed by atoms with Crippen LogP contribution in [-0.4, -0.2) is 16.1 Å². The Labute approximate surface area is 118 Å². The van der Waals surface area contributed by atoms with Crippen molar-refractivity contribution in [3.8, 4) is 0 Å². The van der Waals surface area contributed by atoms with E-state index in [1.54, 1.807) is 12.3 Å². The number of carboxylic acids is 1. The second kappa shape index (κ2) is 5.81. The highest BCUT2D eigenvalue weighted by atomic mass is 127. The first kappa shape index (κ1) is 12.8. The van der Waals surface area contributed by atoms with Crippen LogP contribution in [0.3, 0.4) is 0 Å². The first-order chi connectivity index (χ1) is 8.66. The first-order valence-electron chi connectivity index (χ1n) is 5.33. The fourth-order valence-electron chi connectivity index (χ4n) is 1.52. The molecule has 5 heteroatoms. The Balaban J connectivity index is 2.17. The summed E-state index contributed by atoms with van der Waals surface area (Å²) in [5.41, 5.74) is 1.27. The molecule has 0 aliphatic rings. The molecule has 0 saturated carbocycles. The normalized spacial score (nSPS) is 10.1. The van der Waals surface area contributed by atoms with Crippen molar-refractivity contribution >= 4 is 34.4 Å². The van der Waals surface area contributed by atoms with Gasteiger partial charge in [-0.2, -0.15) is 0 Å². The summed E-state index contributed by atoms with van der Waals surface area (Å²) in [4.78, 5) is 15.2. The summed E-state index contributed by atoms with van der Waals surface area (Å²) in [6.45, 7) is 0.550. The molecule has 1 aromatic heterocycles. The first-order valence-corrected chi connectivity index (χ1v) is 6.41. The average molecular weight is 354 g/mol. The van der Waals surface area contributed by atoms with Crippen molar-refractivity contribution in [2.24, 2.45) is 0 Å². The molecule has 1 aromatic carbocycles. The van der Waals surface area contributed by atoms with Gasteiger partial charge in [-0.15, -0.1) is 0 Å². The number of carbonyl (C=O) groups is 1. The number of carboxylic acid groups (broad SMARTS) is 1. The molecule has 2 N–H and O–H groups in total. The maximum Gasteiger partial charge on any atom is 0.339 e. The van der Waals surface area contributed by atoms with Crippen LogP contribution in [-0.2, 0) is 6.54 Å². The van der Waals surface area contributed by atoms with Crippen LogP contribution in [0.25, 0.3) is 0 Å². The molecule has 2 aromatic rings. The molecule has 2 rings (SSSR count). The molecule has 0 radical (unpaired) electrons. The number of pyridine rings is 1. The van der Waals surface area contributed by atoms with Gasteiger partial charge in [-0.3, -0.25) is 0 Å². The number of aromatic nitrogens is 1. The number of hydrogen-bond acceptors (Lipinski definition) is 3. The maximum absolute atomic E-state index is 11.1. The summed E-state index contributed by atoms with van der Waals surface area (Å²) in [6.07, 6.45) is 1.64. The minimum Gasteiger partial charge on any atom is -0.478 e. The number of hydrogen-bond donors (Lipinski definition) is 2. The van der Waals surface area contributed by atoms with E-state index in [0.717, 1.165) is 9.13 Å². The van der Waals surface area contributed by atoms with Crippen LogP contribution >= 0.6 is 22.6 Å². The highest BCUT2D eigenvalue weighted by Crippen LogP contribution is 2.16. The molecule has 92 valence electrons. The number of nitrogens with zero attached hydrogens (tertiary/aromatic N) is 1. The second-order valence-corrected chi connectivity index (χ2v) is 4.94. The summed E-state index contributed by atoms with van der Waals surface area (Å²) in [6, 6.07) is 11.4. The number of anilines is 1. The zero-order valence-corrected chi connectivity index (χ0v) is 11.6. The van der Waals surface area contributed by atoms with E-state index in [-0.39, 0.29) is 5.56 Å². The van der Waals surface area contributed by atoms with Crippen LogP contribution in [0.4, 0.5) is 5.82 Å². The van der Waals surface area contributed by atoms with Crippen molar-refractivity contribution in [1.82, 2.24) is 4.98 Å². The van der Waals surface area contributed by atoms with Gasteiger partial charge < -0.3 is 10.4 Å². The van der Waals surface area contributed by atoms with E-state index in [9.17, 15) is 4.79 Å². The highest BCUT2D eigenvalue weighted by molar-refractivity contribution is 14.1. The van der Waals surface area contributed by atoms with Gasteiger partial charge >= 0.3 is 5.97 Å². The lowest BCUT2D eigenvalue weighted by molar-refractivity contribution is 0.0697. The lowest BCUT2D eigenvalue weighted by Crippen LogP contribution is -2.08. The van der Waals surface area contributed by atoms with Gasteiger partial charge in [-0.1, -0.05) is 30.3 Å². The van der Waals surface area contributed by atoms with E-state index in [2.05, 4.69) is 10.3 Å². The van der Waals surface area contributed by atoms with E-state index < -0.39 is 5.97 Å². The summed E-state index contributed by atoms with van der Waals surface area (Å²) >= 11 is 2.04. The van der Waals surface area contributed by atoms with Crippen molar-refractivity contribution < 1.29 is 9.90 Å². The van der Waals surface area contributed by atoms with Crippen molar-refractivity contribution in [3.05, 3.63) is 57.3 Å². The molecule has 0 bridgehead atoms. The number of nitrogens with one attached hydrogen (secondary N) is 1. The Morgan fingerprint density at radius 3 is 2.72 bits per heavy atom. The topological polar surface area (TPSA) is 62.2 Å². The molecular weight excluding hydrogens is 343 g/mol. The van der Waals surface area contributed by atoms with Gasteiger partial charge in [-0.05, 0) is 34.2 Å². The zero-order valence-electron chi connectivity index (χ0n) is 9.43. The second-order valence-electron chi connectivity index (χ2n) is 3.69. The number of halogens is 1. The minimum atomic E-state index is -0.975. The van der Waals surface area contributed by atoms with Crippen LogP contribution in [0.1, 0.15) is 15.9 Å². The van der Waals surface area contributed by atoms with Crippen LogP contribution in [0, 0.1) is 3.57 Å². The third kappa shape index (κ3) is 3.19.